The number of hydrogen-bond acceptors (Lipinski definition) is 4. The molecule has 1 heterocycles. The van der Waals surface area contributed by atoms with Crippen molar-refractivity contribution in [1.29, 1.82) is 0 Å². The molecule has 0 amide bonds. The summed E-state index contributed by atoms with van der Waals surface area (Å²) < 4.78 is 4.96. The van der Waals surface area contributed by atoms with Gasteiger partial charge in [-0.15, -0.1) is 0 Å². The van der Waals surface area contributed by atoms with Gasteiger partial charge in [-0.2, -0.15) is 5.10 Å². The van der Waals surface area contributed by atoms with Crippen molar-refractivity contribution >= 4 is 5.69 Å². The first-order valence-electron chi connectivity index (χ1n) is 4.88. The topological polar surface area (TPSA) is 70.2 Å². The molecule has 0 spiro atoms. The van der Waals surface area contributed by atoms with E-state index in [1.807, 2.05) is 6.07 Å². The van der Waals surface area contributed by atoms with Gasteiger partial charge in [-0.3, -0.25) is 5.10 Å². The van der Waals surface area contributed by atoms with E-state index in [2.05, 4.69) is 15.5 Å². The Hall–Kier alpha value is -2.17. The highest BCUT2D eigenvalue weighted by atomic mass is 16.5. The number of aromatic amines is 1. The Bertz CT molecular complexity index is 454. The first kappa shape index (κ1) is 10.4. The fourth-order valence-electron chi connectivity index (χ4n) is 1.40. The van der Waals surface area contributed by atoms with Gasteiger partial charge in [0.05, 0.1) is 19.0 Å². The second-order valence-electron chi connectivity index (χ2n) is 3.35. The van der Waals surface area contributed by atoms with E-state index in [9.17, 15) is 5.11 Å². The highest BCUT2D eigenvalue weighted by Crippen LogP contribution is 2.26. The molecule has 5 heteroatoms. The van der Waals surface area contributed by atoms with Gasteiger partial charge >= 0.3 is 0 Å². The zero-order valence-electron chi connectivity index (χ0n) is 8.90. The van der Waals surface area contributed by atoms with Crippen LogP contribution in [0.2, 0.25) is 0 Å². The van der Waals surface area contributed by atoms with Crippen LogP contribution in [-0.2, 0) is 6.54 Å². The van der Waals surface area contributed by atoms with Crippen LogP contribution < -0.4 is 10.1 Å². The molecule has 2 aromatic rings. The van der Waals surface area contributed by atoms with Gasteiger partial charge in [0, 0.05) is 12.7 Å². The zero-order chi connectivity index (χ0) is 11.4. The molecule has 16 heavy (non-hydrogen) atoms. The normalized spacial score (nSPS) is 10.1. The molecule has 5 nitrogen and oxygen atoms in total. The average molecular weight is 219 g/mol. The summed E-state index contributed by atoms with van der Waals surface area (Å²) in [5.74, 6) is 0.626. The molecule has 0 aliphatic carbocycles. The summed E-state index contributed by atoms with van der Waals surface area (Å²) in [6.07, 6.45) is 3.47. The molecular weight excluding hydrogens is 206 g/mol. The third-order valence-electron chi connectivity index (χ3n) is 2.24. The minimum absolute atomic E-state index is 0.147. The number of anilines is 1. The fourth-order valence-corrected chi connectivity index (χ4v) is 1.40. The predicted molar refractivity (Wildman–Crippen MR) is 60.6 cm³/mol. The lowest BCUT2D eigenvalue weighted by molar-refractivity contribution is 0.373. The van der Waals surface area contributed by atoms with E-state index in [0.29, 0.717) is 12.3 Å². The Balaban J connectivity index is 2.02. The van der Waals surface area contributed by atoms with Gasteiger partial charge in [0.25, 0.3) is 0 Å². The Kier molecular flexibility index (Phi) is 2.95. The summed E-state index contributed by atoms with van der Waals surface area (Å²) in [6, 6.07) is 5.30. The van der Waals surface area contributed by atoms with Crippen molar-refractivity contribution in [3.63, 3.8) is 0 Å². The number of ether oxygens (including phenoxy) is 1. The SMILES string of the molecule is COc1ccc(CNc2cn[nH]c2)cc1O. The number of methoxy groups -OCH3 is 1. The second kappa shape index (κ2) is 4.57. The maximum absolute atomic E-state index is 9.58. The molecule has 1 aromatic carbocycles. The number of benzene rings is 1. The van der Waals surface area contributed by atoms with E-state index in [0.717, 1.165) is 11.3 Å². The van der Waals surface area contributed by atoms with Gasteiger partial charge < -0.3 is 15.2 Å². The Morgan fingerprint density at radius 1 is 1.50 bits per heavy atom. The highest BCUT2D eigenvalue weighted by molar-refractivity contribution is 5.44. The number of rotatable bonds is 4. The molecule has 1 aromatic heterocycles. The number of nitrogens with one attached hydrogen (secondary N) is 2. The number of H-pyrrole nitrogens is 1. The Labute approximate surface area is 93.1 Å². The number of aromatic nitrogens is 2. The first-order valence-corrected chi connectivity index (χ1v) is 4.88. The molecule has 0 unspecified atom stereocenters. The summed E-state index contributed by atoms with van der Waals surface area (Å²) in [4.78, 5) is 0. The van der Waals surface area contributed by atoms with Crippen LogP contribution in [0.5, 0.6) is 11.5 Å². The van der Waals surface area contributed by atoms with Gasteiger partial charge in [-0.05, 0) is 17.7 Å². The summed E-state index contributed by atoms with van der Waals surface area (Å²) >= 11 is 0. The van der Waals surface area contributed by atoms with Gasteiger partial charge in [0.2, 0.25) is 0 Å². The van der Waals surface area contributed by atoms with E-state index in [1.54, 1.807) is 24.5 Å². The van der Waals surface area contributed by atoms with E-state index < -0.39 is 0 Å². The predicted octanol–water partition coefficient (Wildman–Crippen LogP) is 1.74. The van der Waals surface area contributed by atoms with Gasteiger partial charge in [-0.25, -0.2) is 0 Å². The molecule has 0 saturated carbocycles. The molecule has 0 aliphatic rings. The van der Waals surface area contributed by atoms with E-state index in [4.69, 9.17) is 4.74 Å². The molecule has 0 fully saturated rings. The monoisotopic (exact) mass is 219 g/mol. The zero-order valence-corrected chi connectivity index (χ0v) is 8.90. The second-order valence-corrected chi connectivity index (χ2v) is 3.35. The van der Waals surface area contributed by atoms with Crippen molar-refractivity contribution in [2.24, 2.45) is 0 Å². The largest absolute Gasteiger partial charge is 0.504 e. The highest BCUT2D eigenvalue weighted by Gasteiger charge is 2.02. The molecule has 0 aliphatic heterocycles. The lowest BCUT2D eigenvalue weighted by Crippen LogP contribution is -1.98. The van der Waals surface area contributed by atoms with Crippen molar-refractivity contribution in [1.82, 2.24) is 10.2 Å². The van der Waals surface area contributed by atoms with Crippen molar-refractivity contribution in [2.75, 3.05) is 12.4 Å². The summed E-state index contributed by atoms with van der Waals surface area (Å²) in [5, 5.41) is 19.3. The minimum atomic E-state index is 0.147. The average Bonchev–Trinajstić information content (AvgIpc) is 2.79. The van der Waals surface area contributed by atoms with Gasteiger partial charge in [0.15, 0.2) is 11.5 Å². The number of phenols is 1. The van der Waals surface area contributed by atoms with Crippen LogP contribution in [0.25, 0.3) is 0 Å². The molecule has 84 valence electrons. The Morgan fingerprint density at radius 2 is 2.38 bits per heavy atom. The number of aromatic hydroxyl groups is 1. The lowest BCUT2D eigenvalue weighted by Gasteiger charge is -2.07. The fraction of sp³-hybridized carbons (Fsp3) is 0.182. The van der Waals surface area contributed by atoms with Crippen LogP contribution in [0.1, 0.15) is 5.56 Å². The molecule has 0 saturated heterocycles. The standard InChI is InChI=1S/C11H13N3O2/c1-16-11-3-2-8(4-10(11)15)5-12-9-6-13-14-7-9/h2-4,6-7,12,15H,5H2,1H3,(H,13,14). The van der Waals surface area contributed by atoms with Crippen LogP contribution >= 0.6 is 0 Å². The van der Waals surface area contributed by atoms with E-state index in [1.165, 1.54) is 7.11 Å². The molecular formula is C11H13N3O2. The lowest BCUT2D eigenvalue weighted by atomic mass is 10.2. The van der Waals surface area contributed by atoms with Crippen LogP contribution in [0, 0.1) is 0 Å². The molecule has 0 atom stereocenters. The number of nitrogens with zero attached hydrogens (tertiary/aromatic N) is 1. The maximum atomic E-state index is 9.58. The summed E-state index contributed by atoms with van der Waals surface area (Å²) in [5.41, 5.74) is 1.88. The van der Waals surface area contributed by atoms with Crippen LogP contribution in [0.15, 0.2) is 30.6 Å². The van der Waals surface area contributed by atoms with Crippen LogP contribution in [0.3, 0.4) is 0 Å². The maximum Gasteiger partial charge on any atom is 0.160 e. The van der Waals surface area contributed by atoms with Crippen LogP contribution in [-0.4, -0.2) is 22.4 Å². The van der Waals surface area contributed by atoms with Crippen molar-refractivity contribution < 1.29 is 9.84 Å². The third-order valence-corrected chi connectivity index (χ3v) is 2.24. The quantitative estimate of drug-likeness (QED) is 0.732. The third kappa shape index (κ3) is 2.25. The first-order chi connectivity index (χ1) is 7.79. The van der Waals surface area contributed by atoms with Crippen LogP contribution in [0.4, 0.5) is 5.69 Å². The molecule has 0 bridgehead atoms. The van der Waals surface area contributed by atoms with Crippen molar-refractivity contribution in [3.8, 4) is 11.5 Å². The number of phenolic OH excluding ortho intramolecular Hbond substituents is 1. The van der Waals surface area contributed by atoms with Crippen molar-refractivity contribution in [3.05, 3.63) is 36.2 Å². The van der Waals surface area contributed by atoms with Gasteiger partial charge in [-0.1, -0.05) is 6.07 Å². The number of hydrogen-bond donors (Lipinski definition) is 3. The Morgan fingerprint density at radius 3 is 3.00 bits per heavy atom. The molecule has 0 radical (unpaired) electrons. The molecule has 3 N–H and O–H groups in total. The van der Waals surface area contributed by atoms with E-state index in [-0.39, 0.29) is 5.75 Å². The summed E-state index contributed by atoms with van der Waals surface area (Å²) in [6.45, 7) is 0.622. The van der Waals surface area contributed by atoms with Gasteiger partial charge in [0.1, 0.15) is 0 Å². The smallest absolute Gasteiger partial charge is 0.160 e. The summed E-state index contributed by atoms with van der Waals surface area (Å²) in [7, 11) is 1.53. The minimum Gasteiger partial charge on any atom is -0.504 e. The van der Waals surface area contributed by atoms with E-state index >= 15 is 0 Å². The molecule has 2 rings (SSSR count). The van der Waals surface area contributed by atoms with Crippen molar-refractivity contribution in [2.45, 2.75) is 6.54 Å².